The molecule has 1 amide bonds. The van der Waals surface area contributed by atoms with E-state index in [9.17, 15) is 4.79 Å². The molecule has 28 heavy (non-hydrogen) atoms. The summed E-state index contributed by atoms with van der Waals surface area (Å²) in [4.78, 5) is 18.8. The fraction of sp³-hybridized carbons (Fsp3) is 0.150. The molecular weight excluding hydrogens is 378 g/mol. The molecule has 4 rings (SSSR count). The molecule has 1 aromatic carbocycles. The molecule has 8 heteroatoms. The first kappa shape index (κ1) is 18.1. The summed E-state index contributed by atoms with van der Waals surface area (Å²) in [5.41, 5.74) is 2.01. The van der Waals surface area contributed by atoms with Gasteiger partial charge in [-0.15, -0.1) is 0 Å². The molecule has 0 bridgehead atoms. The van der Waals surface area contributed by atoms with Crippen LogP contribution in [0, 0.1) is 0 Å². The molecule has 0 aliphatic carbocycles. The smallest absolute Gasteiger partial charge is 0.274 e. The summed E-state index contributed by atoms with van der Waals surface area (Å²) in [5, 5.41) is 4.94. The van der Waals surface area contributed by atoms with Gasteiger partial charge in [-0.05, 0) is 42.5 Å². The number of pyridine rings is 1. The number of rotatable bonds is 6. The number of nitrogens with zero attached hydrogens (tertiary/aromatic N) is 5. The summed E-state index contributed by atoms with van der Waals surface area (Å²) in [6.45, 7) is 0.597. The molecule has 0 radical (unpaired) electrons. The third-order valence-electron chi connectivity index (χ3n) is 4.20. The predicted octanol–water partition coefficient (Wildman–Crippen LogP) is 3.49. The van der Waals surface area contributed by atoms with Gasteiger partial charge < -0.3 is 14.0 Å². The summed E-state index contributed by atoms with van der Waals surface area (Å²) >= 11 is 5.86. The van der Waals surface area contributed by atoms with E-state index in [2.05, 4.69) is 10.1 Å². The van der Waals surface area contributed by atoms with E-state index >= 15 is 0 Å². The van der Waals surface area contributed by atoms with Crippen LogP contribution in [-0.4, -0.2) is 37.0 Å². The summed E-state index contributed by atoms with van der Waals surface area (Å²) in [5.74, 6) is 0.499. The quantitative estimate of drug-likeness (QED) is 0.501. The summed E-state index contributed by atoms with van der Waals surface area (Å²) in [7, 11) is 1.73. The van der Waals surface area contributed by atoms with Gasteiger partial charge in [0.15, 0.2) is 12.4 Å². The molecule has 0 aliphatic heterocycles. The van der Waals surface area contributed by atoms with Gasteiger partial charge in [-0.2, -0.15) is 5.10 Å². The maximum Gasteiger partial charge on any atom is 0.274 e. The molecule has 4 aromatic rings. The second-order valence-corrected chi connectivity index (χ2v) is 6.76. The van der Waals surface area contributed by atoms with Gasteiger partial charge in [0.2, 0.25) is 0 Å². The van der Waals surface area contributed by atoms with Gasteiger partial charge in [-0.25, -0.2) is 9.67 Å². The first-order valence-corrected chi connectivity index (χ1v) is 9.06. The van der Waals surface area contributed by atoms with Crippen LogP contribution in [0.3, 0.4) is 0 Å². The topological polar surface area (TPSA) is 64.7 Å². The highest BCUT2D eigenvalue weighted by Gasteiger charge is 2.16. The molecule has 7 nitrogen and oxygen atoms in total. The molecule has 0 fully saturated rings. The van der Waals surface area contributed by atoms with Crippen LogP contribution >= 0.6 is 11.6 Å². The van der Waals surface area contributed by atoms with Crippen molar-refractivity contribution in [1.82, 2.24) is 24.1 Å². The lowest BCUT2D eigenvalue weighted by Gasteiger charge is -2.14. The third-order valence-corrected chi connectivity index (χ3v) is 4.45. The van der Waals surface area contributed by atoms with Crippen LogP contribution in [0.1, 0.15) is 16.2 Å². The number of amides is 1. The Morgan fingerprint density at radius 3 is 2.75 bits per heavy atom. The van der Waals surface area contributed by atoms with E-state index in [1.165, 1.54) is 0 Å². The molecule has 0 spiro atoms. The van der Waals surface area contributed by atoms with E-state index in [1.54, 1.807) is 53.2 Å². The molecule has 142 valence electrons. The Bertz CT molecular complexity index is 1070. The number of hydrogen-bond donors (Lipinski definition) is 0. The second-order valence-electron chi connectivity index (χ2n) is 6.33. The van der Waals surface area contributed by atoms with E-state index in [-0.39, 0.29) is 12.6 Å². The van der Waals surface area contributed by atoms with E-state index in [1.807, 2.05) is 35.0 Å². The van der Waals surface area contributed by atoms with Crippen molar-refractivity contribution >= 4 is 23.2 Å². The van der Waals surface area contributed by atoms with Gasteiger partial charge >= 0.3 is 0 Å². The van der Waals surface area contributed by atoms with Crippen molar-refractivity contribution in [2.45, 2.75) is 13.3 Å². The predicted molar refractivity (Wildman–Crippen MR) is 105 cm³/mol. The van der Waals surface area contributed by atoms with Crippen LogP contribution in [0.5, 0.6) is 5.75 Å². The summed E-state index contributed by atoms with van der Waals surface area (Å²) in [6, 6.07) is 14.5. The molecule has 3 aromatic heterocycles. The maximum absolute atomic E-state index is 12.6. The lowest BCUT2D eigenvalue weighted by Crippen LogP contribution is -2.27. The minimum absolute atomic E-state index is 0.178. The van der Waals surface area contributed by atoms with E-state index in [4.69, 9.17) is 16.3 Å². The Morgan fingerprint density at radius 1 is 1.14 bits per heavy atom. The highest BCUT2D eigenvalue weighted by molar-refractivity contribution is 6.30. The minimum Gasteiger partial charge on any atom is -0.471 e. The van der Waals surface area contributed by atoms with Crippen LogP contribution in [0.15, 0.2) is 67.1 Å². The van der Waals surface area contributed by atoms with Crippen LogP contribution in [0.2, 0.25) is 5.02 Å². The van der Waals surface area contributed by atoms with Gasteiger partial charge in [-0.1, -0.05) is 17.7 Å². The van der Waals surface area contributed by atoms with Crippen LogP contribution < -0.4 is 4.74 Å². The zero-order chi connectivity index (χ0) is 19.5. The monoisotopic (exact) mass is 395 g/mol. The van der Waals surface area contributed by atoms with Crippen molar-refractivity contribution in [1.29, 1.82) is 0 Å². The van der Waals surface area contributed by atoms with E-state index in [0.29, 0.717) is 23.0 Å². The number of ether oxygens (including phenoxy) is 1. The van der Waals surface area contributed by atoms with E-state index in [0.717, 1.165) is 11.3 Å². The second kappa shape index (κ2) is 7.74. The summed E-state index contributed by atoms with van der Waals surface area (Å²) in [6.07, 6.45) is 5.55. The number of carbonyl (C=O) groups excluding carboxylic acids is 1. The van der Waals surface area contributed by atoms with Crippen molar-refractivity contribution in [2.24, 2.45) is 0 Å². The Hall–Kier alpha value is -3.32. The zero-order valence-corrected chi connectivity index (χ0v) is 16.0. The first-order valence-electron chi connectivity index (χ1n) is 8.68. The fourth-order valence-electron chi connectivity index (χ4n) is 2.79. The number of benzene rings is 1. The molecule has 0 unspecified atom stereocenters. The van der Waals surface area contributed by atoms with Crippen LogP contribution in [0.4, 0.5) is 0 Å². The molecular formula is C20H18ClN5O2. The van der Waals surface area contributed by atoms with Gasteiger partial charge in [0, 0.05) is 30.7 Å². The minimum atomic E-state index is -0.178. The molecule has 3 heterocycles. The normalized spacial score (nSPS) is 10.9. The number of fused-ring (bicyclic) bond motifs is 1. The average molecular weight is 396 g/mol. The fourth-order valence-corrected chi connectivity index (χ4v) is 2.92. The van der Waals surface area contributed by atoms with Gasteiger partial charge in [0.25, 0.3) is 5.91 Å². The Balaban J connectivity index is 1.38. The van der Waals surface area contributed by atoms with E-state index < -0.39 is 0 Å². The van der Waals surface area contributed by atoms with Crippen molar-refractivity contribution in [3.8, 4) is 5.75 Å². The van der Waals surface area contributed by atoms with Crippen molar-refractivity contribution < 1.29 is 9.53 Å². The van der Waals surface area contributed by atoms with Crippen molar-refractivity contribution in [2.75, 3.05) is 7.05 Å². The number of aromatic nitrogens is 4. The van der Waals surface area contributed by atoms with Crippen LogP contribution in [0.25, 0.3) is 5.65 Å². The number of imidazole rings is 1. The van der Waals surface area contributed by atoms with Gasteiger partial charge in [0.05, 0.1) is 12.2 Å². The highest BCUT2D eigenvalue weighted by Crippen LogP contribution is 2.16. The molecule has 0 saturated carbocycles. The standard InChI is InChI=1S/C20H18ClN5O2/c1-24(12-16-13-25-10-3-2-4-19(25)22-16)20(27)18-9-11-26(23-18)14-28-17-7-5-15(21)6-8-17/h2-11,13H,12,14H2,1H3. The highest BCUT2D eigenvalue weighted by atomic mass is 35.5. The Labute approximate surface area is 166 Å². The van der Waals surface area contributed by atoms with Crippen molar-refractivity contribution in [3.05, 3.63) is 83.5 Å². The lowest BCUT2D eigenvalue weighted by atomic mass is 10.3. The largest absolute Gasteiger partial charge is 0.471 e. The van der Waals surface area contributed by atoms with Crippen molar-refractivity contribution in [3.63, 3.8) is 0 Å². The van der Waals surface area contributed by atoms with Gasteiger partial charge in [-0.3, -0.25) is 4.79 Å². The lowest BCUT2D eigenvalue weighted by molar-refractivity contribution is 0.0775. The molecule has 0 N–H and O–H groups in total. The average Bonchev–Trinajstić information content (AvgIpc) is 3.33. The Kier molecular flexibility index (Phi) is 4.99. The molecule has 0 saturated heterocycles. The number of carbonyl (C=O) groups is 1. The Morgan fingerprint density at radius 2 is 1.96 bits per heavy atom. The summed E-state index contributed by atoms with van der Waals surface area (Å²) < 4.78 is 9.13. The number of halogens is 1. The van der Waals surface area contributed by atoms with Crippen LogP contribution in [-0.2, 0) is 13.3 Å². The number of hydrogen-bond acceptors (Lipinski definition) is 4. The maximum atomic E-state index is 12.6. The zero-order valence-electron chi connectivity index (χ0n) is 15.2. The molecule has 0 atom stereocenters. The third kappa shape index (κ3) is 3.99. The van der Waals surface area contributed by atoms with Gasteiger partial charge in [0.1, 0.15) is 11.4 Å². The molecule has 0 aliphatic rings. The first-order chi connectivity index (χ1) is 13.6. The SMILES string of the molecule is CN(Cc1cn2ccccc2n1)C(=O)c1ccn(COc2ccc(Cl)cc2)n1.